The van der Waals surface area contributed by atoms with E-state index in [1.165, 1.54) is 18.2 Å². The fourth-order valence-corrected chi connectivity index (χ4v) is 3.99. The summed E-state index contributed by atoms with van der Waals surface area (Å²) in [6.45, 7) is 1.44. The fourth-order valence-electron chi connectivity index (χ4n) is 3.99. The number of hydrogen-bond acceptors (Lipinski definition) is 2. The molecule has 1 unspecified atom stereocenters. The standard InChI is InChI=1S/C18H23F2NO2/c19-14-5-1-6-15(20)16(14)18(8-3-9-18)17(23)21-10-7-13(12-21)4-2-11-22/h1,5-6,13,22H,2-4,7-12H2. The highest BCUT2D eigenvalue weighted by Gasteiger charge is 2.51. The van der Waals surface area contributed by atoms with Crippen molar-refractivity contribution in [1.29, 1.82) is 0 Å². The van der Waals surface area contributed by atoms with Crippen LogP contribution in [0.5, 0.6) is 0 Å². The molecule has 0 bridgehead atoms. The Hall–Kier alpha value is -1.49. The van der Waals surface area contributed by atoms with Gasteiger partial charge in [-0.2, -0.15) is 0 Å². The molecule has 3 rings (SSSR count). The number of halogens is 2. The third-order valence-corrected chi connectivity index (χ3v) is 5.40. The van der Waals surface area contributed by atoms with Crippen molar-refractivity contribution in [2.45, 2.75) is 43.9 Å². The number of nitrogens with zero attached hydrogens (tertiary/aromatic N) is 1. The summed E-state index contributed by atoms with van der Waals surface area (Å²) in [5.41, 5.74) is -1.06. The van der Waals surface area contributed by atoms with Crippen LogP contribution in [0.2, 0.25) is 0 Å². The largest absolute Gasteiger partial charge is 0.396 e. The lowest BCUT2D eigenvalue weighted by molar-refractivity contribution is -0.140. The summed E-state index contributed by atoms with van der Waals surface area (Å²) >= 11 is 0. The first-order valence-electron chi connectivity index (χ1n) is 8.43. The van der Waals surface area contributed by atoms with Crippen LogP contribution in [0.25, 0.3) is 0 Å². The number of likely N-dealkylation sites (tertiary alicyclic amines) is 1. The minimum absolute atomic E-state index is 0.0462. The maximum atomic E-state index is 14.2. The summed E-state index contributed by atoms with van der Waals surface area (Å²) in [4.78, 5) is 14.8. The highest BCUT2D eigenvalue weighted by Crippen LogP contribution is 2.47. The molecule has 1 N–H and O–H groups in total. The SMILES string of the molecule is O=C(N1CCC(CCCO)C1)C1(c2c(F)cccc2F)CCC1. The van der Waals surface area contributed by atoms with Crippen molar-refractivity contribution in [3.63, 3.8) is 0 Å². The predicted molar refractivity (Wildman–Crippen MR) is 82.9 cm³/mol. The smallest absolute Gasteiger partial charge is 0.233 e. The normalized spacial score (nSPS) is 22.9. The highest BCUT2D eigenvalue weighted by molar-refractivity contribution is 5.89. The van der Waals surface area contributed by atoms with E-state index < -0.39 is 17.0 Å². The van der Waals surface area contributed by atoms with E-state index in [1.54, 1.807) is 4.90 Å². The molecule has 1 saturated heterocycles. The van der Waals surface area contributed by atoms with Gasteiger partial charge in [0.1, 0.15) is 11.6 Å². The number of benzene rings is 1. The Bertz CT molecular complexity index is 566. The summed E-state index contributed by atoms with van der Waals surface area (Å²) < 4.78 is 28.4. The van der Waals surface area contributed by atoms with Gasteiger partial charge < -0.3 is 10.0 Å². The zero-order chi connectivity index (χ0) is 16.4. The molecule has 2 fully saturated rings. The molecule has 3 nitrogen and oxygen atoms in total. The van der Waals surface area contributed by atoms with Gasteiger partial charge >= 0.3 is 0 Å². The van der Waals surface area contributed by atoms with E-state index in [9.17, 15) is 13.6 Å². The number of hydrogen-bond donors (Lipinski definition) is 1. The van der Waals surface area contributed by atoms with E-state index in [4.69, 9.17) is 5.11 Å². The van der Waals surface area contributed by atoms with Crippen LogP contribution in [0.3, 0.4) is 0 Å². The van der Waals surface area contributed by atoms with E-state index in [0.717, 1.165) is 25.7 Å². The number of carbonyl (C=O) groups excluding carboxylic acids is 1. The van der Waals surface area contributed by atoms with Crippen molar-refractivity contribution in [3.8, 4) is 0 Å². The zero-order valence-electron chi connectivity index (χ0n) is 13.2. The highest BCUT2D eigenvalue weighted by atomic mass is 19.1. The molecular weight excluding hydrogens is 300 g/mol. The second kappa shape index (κ2) is 6.56. The molecule has 1 aromatic rings. The maximum Gasteiger partial charge on any atom is 0.233 e. The zero-order valence-corrected chi connectivity index (χ0v) is 13.2. The molecule has 1 atom stereocenters. The van der Waals surface area contributed by atoms with Crippen LogP contribution in [-0.4, -0.2) is 35.6 Å². The second-order valence-corrected chi connectivity index (χ2v) is 6.80. The minimum Gasteiger partial charge on any atom is -0.396 e. The van der Waals surface area contributed by atoms with Gasteiger partial charge in [-0.05, 0) is 50.2 Å². The lowest BCUT2D eigenvalue weighted by atomic mass is 9.63. The van der Waals surface area contributed by atoms with Gasteiger partial charge in [-0.3, -0.25) is 4.79 Å². The van der Waals surface area contributed by atoms with Crippen LogP contribution in [-0.2, 0) is 10.2 Å². The maximum absolute atomic E-state index is 14.2. The number of carbonyl (C=O) groups is 1. The van der Waals surface area contributed by atoms with E-state index in [0.29, 0.717) is 31.8 Å². The van der Waals surface area contributed by atoms with E-state index in [-0.39, 0.29) is 18.1 Å². The summed E-state index contributed by atoms with van der Waals surface area (Å²) in [5, 5.41) is 8.92. The van der Waals surface area contributed by atoms with Gasteiger partial charge in [0.25, 0.3) is 0 Å². The first kappa shape index (κ1) is 16.4. The number of aliphatic hydroxyl groups excluding tert-OH is 1. The van der Waals surface area contributed by atoms with E-state index in [2.05, 4.69) is 0 Å². The second-order valence-electron chi connectivity index (χ2n) is 6.80. The Kier molecular flexibility index (Phi) is 4.67. The minimum atomic E-state index is -1.01. The molecule has 1 aromatic carbocycles. The summed E-state index contributed by atoms with van der Waals surface area (Å²) in [5.74, 6) is -0.976. The van der Waals surface area contributed by atoms with Crippen LogP contribution in [0, 0.1) is 17.6 Å². The quantitative estimate of drug-likeness (QED) is 0.905. The van der Waals surface area contributed by atoms with Crippen LogP contribution < -0.4 is 0 Å². The van der Waals surface area contributed by atoms with Gasteiger partial charge in [0.2, 0.25) is 5.91 Å². The van der Waals surface area contributed by atoms with Crippen molar-refractivity contribution in [2.24, 2.45) is 5.92 Å². The van der Waals surface area contributed by atoms with Crippen molar-refractivity contribution in [3.05, 3.63) is 35.4 Å². The Morgan fingerprint density at radius 1 is 1.30 bits per heavy atom. The fraction of sp³-hybridized carbons (Fsp3) is 0.611. The molecule has 5 heteroatoms. The Morgan fingerprint density at radius 3 is 2.57 bits per heavy atom. The summed E-state index contributed by atoms with van der Waals surface area (Å²) in [7, 11) is 0. The molecule has 0 aromatic heterocycles. The third kappa shape index (κ3) is 2.87. The molecule has 0 radical (unpaired) electrons. The Morgan fingerprint density at radius 2 is 2.00 bits per heavy atom. The lowest BCUT2D eigenvalue weighted by Crippen LogP contribution is -2.51. The molecule has 1 saturated carbocycles. The predicted octanol–water partition coefficient (Wildman–Crippen LogP) is 3.01. The topological polar surface area (TPSA) is 40.5 Å². The van der Waals surface area contributed by atoms with Crippen LogP contribution in [0.15, 0.2) is 18.2 Å². The molecule has 23 heavy (non-hydrogen) atoms. The molecule has 1 amide bonds. The van der Waals surface area contributed by atoms with Gasteiger partial charge in [0, 0.05) is 25.3 Å². The summed E-state index contributed by atoms with van der Waals surface area (Å²) in [6, 6.07) is 3.81. The van der Waals surface area contributed by atoms with Crippen molar-refractivity contribution >= 4 is 5.91 Å². The van der Waals surface area contributed by atoms with Crippen LogP contribution in [0.4, 0.5) is 8.78 Å². The number of aliphatic hydroxyl groups is 1. The van der Waals surface area contributed by atoms with Crippen LogP contribution in [0.1, 0.15) is 44.1 Å². The van der Waals surface area contributed by atoms with Gasteiger partial charge in [0.15, 0.2) is 0 Å². The molecule has 1 aliphatic heterocycles. The van der Waals surface area contributed by atoms with Crippen molar-refractivity contribution in [2.75, 3.05) is 19.7 Å². The first-order valence-corrected chi connectivity index (χ1v) is 8.43. The average molecular weight is 323 g/mol. The van der Waals surface area contributed by atoms with E-state index >= 15 is 0 Å². The lowest BCUT2D eigenvalue weighted by Gasteiger charge is -2.43. The molecule has 2 aliphatic rings. The van der Waals surface area contributed by atoms with Crippen LogP contribution >= 0.6 is 0 Å². The Balaban J connectivity index is 1.80. The summed E-state index contributed by atoms with van der Waals surface area (Å²) in [6.07, 6.45) is 4.38. The molecule has 126 valence electrons. The molecule has 0 spiro atoms. The van der Waals surface area contributed by atoms with Crippen molar-refractivity contribution < 1.29 is 18.7 Å². The average Bonchev–Trinajstić information content (AvgIpc) is 2.95. The Labute approximate surface area is 135 Å². The van der Waals surface area contributed by atoms with Gasteiger partial charge in [0.05, 0.1) is 5.41 Å². The van der Waals surface area contributed by atoms with Gasteiger partial charge in [-0.25, -0.2) is 8.78 Å². The molecule has 1 heterocycles. The third-order valence-electron chi connectivity index (χ3n) is 5.40. The van der Waals surface area contributed by atoms with Gasteiger partial charge in [-0.15, -0.1) is 0 Å². The van der Waals surface area contributed by atoms with Crippen molar-refractivity contribution in [1.82, 2.24) is 4.90 Å². The monoisotopic (exact) mass is 323 g/mol. The first-order chi connectivity index (χ1) is 11.1. The van der Waals surface area contributed by atoms with E-state index in [1.807, 2.05) is 0 Å². The molecular formula is C18H23F2NO2. The number of amides is 1. The number of rotatable bonds is 5. The molecule has 1 aliphatic carbocycles. The van der Waals surface area contributed by atoms with Gasteiger partial charge in [-0.1, -0.05) is 12.5 Å².